The lowest BCUT2D eigenvalue weighted by Crippen LogP contribution is -2.18. The molecular weight excluding hydrogens is 198 g/mol. The highest BCUT2D eigenvalue weighted by molar-refractivity contribution is 5.48. The molecule has 1 rings (SSSR count). The Morgan fingerprint density at radius 3 is 2.62 bits per heavy atom. The molecule has 0 saturated heterocycles. The van der Waals surface area contributed by atoms with Gasteiger partial charge in [-0.3, -0.25) is 0 Å². The third kappa shape index (κ3) is 3.86. The second-order valence-corrected chi connectivity index (χ2v) is 4.31. The van der Waals surface area contributed by atoms with Gasteiger partial charge in [0.15, 0.2) is 0 Å². The first-order valence-corrected chi connectivity index (χ1v) is 6.17. The average Bonchev–Trinajstić information content (AvgIpc) is 2.71. The maximum absolute atomic E-state index is 5.69. The van der Waals surface area contributed by atoms with E-state index in [9.17, 15) is 0 Å². The first kappa shape index (κ1) is 13.0. The zero-order chi connectivity index (χ0) is 12.0. The van der Waals surface area contributed by atoms with Crippen LogP contribution in [0.25, 0.3) is 6.08 Å². The molecule has 1 heterocycles. The summed E-state index contributed by atoms with van der Waals surface area (Å²) in [5.74, 6) is 2.57. The van der Waals surface area contributed by atoms with Crippen LogP contribution in [0.15, 0.2) is 22.1 Å². The van der Waals surface area contributed by atoms with E-state index < -0.39 is 0 Å². The molecule has 0 aliphatic rings. The molecule has 90 valence electrons. The van der Waals surface area contributed by atoms with Gasteiger partial charge >= 0.3 is 0 Å². The lowest BCUT2D eigenvalue weighted by Gasteiger charge is -2.11. The van der Waals surface area contributed by atoms with E-state index >= 15 is 0 Å². The number of hydrogen-bond donors (Lipinski definition) is 1. The van der Waals surface area contributed by atoms with Crippen LogP contribution < -0.4 is 5.32 Å². The van der Waals surface area contributed by atoms with Crippen molar-refractivity contribution in [1.82, 2.24) is 5.32 Å². The summed E-state index contributed by atoms with van der Waals surface area (Å²) < 4.78 is 5.69. The van der Waals surface area contributed by atoms with Crippen LogP contribution in [0.2, 0.25) is 0 Å². The van der Waals surface area contributed by atoms with Gasteiger partial charge in [0.2, 0.25) is 0 Å². The normalized spacial score (nSPS) is 12.4. The van der Waals surface area contributed by atoms with E-state index in [1.165, 1.54) is 5.57 Å². The molecule has 16 heavy (non-hydrogen) atoms. The molecule has 0 spiro atoms. The minimum absolute atomic E-state index is 0.550. The number of rotatable bonds is 6. The van der Waals surface area contributed by atoms with E-state index in [2.05, 4.69) is 45.2 Å². The van der Waals surface area contributed by atoms with Crippen molar-refractivity contribution in [3.8, 4) is 0 Å². The molecule has 0 atom stereocenters. The highest BCUT2D eigenvalue weighted by Gasteiger charge is 2.05. The summed E-state index contributed by atoms with van der Waals surface area (Å²) in [6.07, 6.45) is 3.12. The molecule has 0 radical (unpaired) electrons. The van der Waals surface area contributed by atoms with Crippen molar-refractivity contribution in [3.63, 3.8) is 0 Å². The molecular formula is C14H23NO. The predicted molar refractivity (Wildman–Crippen MR) is 69.4 cm³/mol. The summed E-state index contributed by atoms with van der Waals surface area (Å²) in [5, 5.41) is 3.36. The topological polar surface area (TPSA) is 25.2 Å². The van der Waals surface area contributed by atoms with E-state index in [-0.39, 0.29) is 0 Å². The Bertz CT molecular complexity index is 336. The number of aryl methyl sites for hydroxylation is 1. The molecule has 0 bridgehead atoms. The minimum atomic E-state index is 0.550. The largest absolute Gasteiger partial charge is 0.462 e. The van der Waals surface area contributed by atoms with Gasteiger partial charge in [0.25, 0.3) is 0 Å². The smallest absolute Gasteiger partial charge is 0.127 e. The summed E-state index contributed by atoms with van der Waals surface area (Å²) in [6, 6.07) is 4.10. The van der Waals surface area contributed by atoms with Gasteiger partial charge < -0.3 is 9.73 Å². The molecule has 0 aromatic carbocycles. The van der Waals surface area contributed by atoms with Gasteiger partial charge in [-0.2, -0.15) is 0 Å². The summed E-state index contributed by atoms with van der Waals surface area (Å²) in [6.45, 7) is 10.6. The first-order chi connectivity index (χ1) is 7.67. The Labute approximate surface area is 98.7 Å². The van der Waals surface area contributed by atoms with Crippen LogP contribution in [-0.2, 0) is 6.42 Å². The van der Waals surface area contributed by atoms with Crippen LogP contribution in [0.3, 0.4) is 0 Å². The molecule has 0 aliphatic heterocycles. The zero-order valence-corrected chi connectivity index (χ0v) is 10.8. The lowest BCUT2D eigenvalue weighted by atomic mass is 10.0. The van der Waals surface area contributed by atoms with Crippen molar-refractivity contribution in [2.45, 2.75) is 34.1 Å². The number of furan rings is 1. The summed E-state index contributed by atoms with van der Waals surface area (Å²) in [7, 11) is 0. The average molecular weight is 221 g/mol. The molecule has 2 nitrogen and oxygen atoms in total. The van der Waals surface area contributed by atoms with Gasteiger partial charge in [0, 0.05) is 13.0 Å². The van der Waals surface area contributed by atoms with Crippen LogP contribution >= 0.6 is 0 Å². The van der Waals surface area contributed by atoms with Crippen molar-refractivity contribution in [2.75, 3.05) is 13.1 Å². The van der Waals surface area contributed by atoms with Crippen molar-refractivity contribution >= 4 is 6.08 Å². The van der Waals surface area contributed by atoms with Crippen LogP contribution in [0.1, 0.15) is 39.2 Å². The molecule has 0 aliphatic carbocycles. The second-order valence-electron chi connectivity index (χ2n) is 4.31. The number of hydrogen-bond acceptors (Lipinski definition) is 2. The van der Waals surface area contributed by atoms with Gasteiger partial charge in [-0.05, 0) is 30.7 Å². The molecule has 0 amide bonds. The molecule has 0 saturated carbocycles. The van der Waals surface area contributed by atoms with Gasteiger partial charge in [-0.1, -0.05) is 33.3 Å². The van der Waals surface area contributed by atoms with Crippen LogP contribution in [0.4, 0.5) is 0 Å². The molecule has 0 fully saturated rings. The zero-order valence-electron chi connectivity index (χ0n) is 10.8. The van der Waals surface area contributed by atoms with E-state index in [0.717, 1.165) is 31.0 Å². The maximum Gasteiger partial charge on any atom is 0.127 e. The van der Waals surface area contributed by atoms with E-state index in [1.54, 1.807) is 0 Å². The van der Waals surface area contributed by atoms with E-state index in [4.69, 9.17) is 4.42 Å². The Morgan fingerprint density at radius 2 is 2.12 bits per heavy atom. The first-order valence-electron chi connectivity index (χ1n) is 6.17. The molecule has 1 aromatic heterocycles. The molecule has 1 aromatic rings. The second kappa shape index (κ2) is 6.54. The Hall–Kier alpha value is -1.02. The fourth-order valence-corrected chi connectivity index (χ4v) is 1.54. The molecule has 0 unspecified atom stereocenters. The molecule has 2 heteroatoms. The van der Waals surface area contributed by atoms with Crippen molar-refractivity contribution in [1.29, 1.82) is 0 Å². The van der Waals surface area contributed by atoms with Crippen molar-refractivity contribution in [2.24, 2.45) is 5.92 Å². The fraction of sp³-hybridized carbons (Fsp3) is 0.571. The van der Waals surface area contributed by atoms with Crippen LogP contribution in [0.5, 0.6) is 0 Å². The maximum atomic E-state index is 5.69. The Balaban J connectivity index is 2.75. The fourth-order valence-electron chi connectivity index (χ4n) is 1.54. The third-order valence-electron chi connectivity index (χ3n) is 2.68. The summed E-state index contributed by atoms with van der Waals surface area (Å²) in [4.78, 5) is 0. The highest BCUT2D eigenvalue weighted by Crippen LogP contribution is 2.16. The quantitative estimate of drug-likeness (QED) is 0.795. The number of likely N-dealkylation sites (N-methyl/N-ethyl adjacent to an activating group) is 1. The van der Waals surface area contributed by atoms with Crippen LogP contribution in [0, 0.1) is 5.92 Å². The van der Waals surface area contributed by atoms with Crippen molar-refractivity contribution < 1.29 is 4.42 Å². The third-order valence-corrected chi connectivity index (χ3v) is 2.68. The van der Waals surface area contributed by atoms with E-state index in [1.807, 2.05) is 6.07 Å². The highest BCUT2D eigenvalue weighted by atomic mass is 16.3. The minimum Gasteiger partial charge on any atom is -0.462 e. The summed E-state index contributed by atoms with van der Waals surface area (Å²) in [5.41, 5.74) is 1.39. The van der Waals surface area contributed by atoms with Gasteiger partial charge in [0.1, 0.15) is 11.5 Å². The predicted octanol–water partition coefficient (Wildman–Crippen LogP) is 3.49. The van der Waals surface area contributed by atoms with Gasteiger partial charge in [0.05, 0.1) is 0 Å². The summed E-state index contributed by atoms with van der Waals surface area (Å²) >= 11 is 0. The van der Waals surface area contributed by atoms with Crippen molar-refractivity contribution in [3.05, 3.63) is 29.2 Å². The lowest BCUT2D eigenvalue weighted by molar-refractivity contribution is 0.506. The Kier molecular flexibility index (Phi) is 5.33. The Morgan fingerprint density at radius 1 is 1.38 bits per heavy atom. The van der Waals surface area contributed by atoms with Gasteiger partial charge in [-0.15, -0.1) is 0 Å². The molecule has 1 N–H and O–H groups in total. The standard InChI is InChI=1S/C14H23NO/c1-5-13-7-8-14(16-13)9-12(11(3)4)10-15-6-2/h7-9,11,15H,5-6,10H2,1-4H3. The van der Waals surface area contributed by atoms with E-state index in [0.29, 0.717) is 5.92 Å². The van der Waals surface area contributed by atoms with Gasteiger partial charge in [-0.25, -0.2) is 0 Å². The monoisotopic (exact) mass is 221 g/mol. The number of nitrogens with one attached hydrogen (secondary N) is 1. The van der Waals surface area contributed by atoms with Crippen LogP contribution in [-0.4, -0.2) is 13.1 Å². The SMILES string of the molecule is CCNCC(=Cc1ccc(CC)o1)C(C)C.